The van der Waals surface area contributed by atoms with Crippen molar-refractivity contribution in [1.82, 2.24) is 15.3 Å². The van der Waals surface area contributed by atoms with Gasteiger partial charge in [-0.15, -0.1) is 0 Å². The molecule has 0 radical (unpaired) electrons. The van der Waals surface area contributed by atoms with E-state index in [9.17, 15) is 4.79 Å². The quantitative estimate of drug-likeness (QED) is 0.751. The number of fused-ring (bicyclic) bond motifs is 1. The van der Waals surface area contributed by atoms with Gasteiger partial charge in [-0.1, -0.05) is 6.07 Å². The second kappa shape index (κ2) is 4.10. The molecule has 0 aliphatic carbocycles. The summed E-state index contributed by atoms with van der Waals surface area (Å²) in [5.41, 5.74) is 3.07. The largest absolute Gasteiger partial charge is 0.481 e. The number of aromatic nitrogens is 2. The van der Waals surface area contributed by atoms with Crippen molar-refractivity contribution in [2.45, 2.75) is 19.4 Å². The number of nitrogens with one attached hydrogen (secondary N) is 2. The number of rotatable bonds is 2. The first-order chi connectivity index (χ1) is 8.63. The normalized spacial score (nSPS) is 23.6. The number of nitrogens with zero attached hydrogens (tertiary/aromatic N) is 1. The van der Waals surface area contributed by atoms with Gasteiger partial charge in [-0.2, -0.15) is 0 Å². The molecule has 1 aromatic carbocycles. The number of aliphatic carboxylic acids is 1. The number of H-pyrrole nitrogens is 1. The Bertz CT molecular complexity index is 605. The van der Waals surface area contributed by atoms with Crippen LogP contribution in [0, 0.1) is 12.8 Å². The van der Waals surface area contributed by atoms with E-state index >= 15 is 0 Å². The van der Waals surface area contributed by atoms with Crippen molar-refractivity contribution in [2.75, 3.05) is 6.54 Å². The monoisotopic (exact) mass is 245 g/mol. The molecule has 0 amide bonds. The van der Waals surface area contributed by atoms with E-state index in [0.717, 1.165) is 22.4 Å². The van der Waals surface area contributed by atoms with E-state index in [0.29, 0.717) is 13.0 Å². The summed E-state index contributed by atoms with van der Waals surface area (Å²) < 4.78 is 0. The molecule has 0 bridgehead atoms. The van der Waals surface area contributed by atoms with Crippen LogP contribution in [0.25, 0.3) is 11.0 Å². The van der Waals surface area contributed by atoms with Crippen molar-refractivity contribution in [2.24, 2.45) is 5.92 Å². The van der Waals surface area contributed by atoms with E-state index in [-0.39, 0.29) is 12.0 Å². The Balaban J connectivity index is 1.88. The summed E-state index contributed by atoms with van der Waals surface area (Å²) >= 11 is 0. The van der Waals surface area contributed by atoms with E-state index in [1.54, 1.807) is 0 Å². The minimum Gasteiger partial charge on any atom is -0.481 e. The fraction of sp³-hybridized carbons (Fsp3) is 0.385. The molecule has 1 aromatic heterocycles. The highest BCUT2D eigenvalue weighted by atomic mass is 16.4. The van der Waals surface area contributed by atoms with E-state index in [4.69, 9.17) is 5.11 Å². The second-order valence-electron chi connectivity index (χ2n) is 4.83. The molecule has 1 aliphatic rings. The molecular formula is C13H15N3O2. The number of aryl methyl sites for hydroxylation is 1. The topological polar surface area (TPSA) is 78.0 Å². The summed E-state index contributed by atoms with van der Waals surface area (Å²) in [6.45, 7) is 2.47. The van der Waals surface area contributed by atoms with Crippen LogP contribution in [0.3, 0.4) is 0 Å². The van der Waals surface area contributed by atoms with Crippen molar-refractivity contribution >= 4 is 17.0 Å². The van der Waals surface area contributed by atoms with Gasteiger partial charge in [0.2, 0.25) is 0 Å². The van der Waals surface area contributed by atoms with Crippen LogP contribution in [0.15, 0.2) is 18.2 Å². The second-order valence-corrected chi connectivity index (χ2v) is 4.83. The zero-order valence-corrected chi connectivity index (χ0v) is 10.1. The van der Waals surface area contributed by atoms with E-state index in [2.05, 4.69) is 21.4 Å². The van der Waals surface area contributed by atoms with Crippen LogP contribution in [-0.4, -0.2) is 27.6 Å². The number of carboxylic acids is 1. The zero-order valence-electron chi connectivity index (χ0n) is 10.1. The maximum Gasteiger partial charge on any atom is 0.307 e. The Morgan fingerprint density at radius 1 is 1.50 bits per heavy atom. The Hall–Kier alpha value is -1.88. The number of carbonyl (C=O) groups is 1. The summed E-state index contributed by atoms with van der Waals surface area (Å²) in [5.74, 6) is -0.109. The van der Waals surface area contributed by atoms with Crippen LogP contribution >= 0.6 is 0 Å². The molecule has 94 valence electrons. The minimum absolute atomic E-state index is 0.124. The molecule has 5 heteroatoms. The van der Waals surface area contributed by atoms with Crippen molar-refractivity contribution < 1.29 is 9.90 Å². The van der Waals surface area contributed by atoms with Gasteiger partial charge in [0.15, 0.2) is 0 Å². The Labute approximate surface area is 104 Å². The third-order valence-corrected chi connectivity index (χ3v) is 3.51. The van der Waals surface area contributed by atoms with Crippen LogP contribution in [0.5, 0.6) is 0 Å². The number of hydrogen-bond donors (Lipinski definition) is 3. The highest BCUT2D eigenvalue weighted by Crippen LogP contribution is 2.28. The lowest BCUT2D eigenvalue weighted by Gasteiger charge is -2.10. The van der Waals surface area contributed by atoms with Gasteiger partial charge in [0, 0.05) is 12.6 Å². The van der Waals surface area contributed by atoms with Gasteiger partial charge in [-0.3, -0.25) is 4.79 Å². The molecular weight excluding hydrogens is 230 g/mol. The highest BCUT2D eigenvalue weighted by molar-refractivity contribution is 5.76. The van der Waals surface area contributed by atoms with Crippen molar-refractivity contribution in [3.63, 3.8) is 0 Å². The number of carboxylic acid groups (broad SMARTS) is 1. The lowest BCUT2D eigenvalue weighted by Crippen LogP contribution is -2.17. The number of benzene rings is 1. The van der Waals surface area contributed by atoms with Crippen LogP contribution in [-0.2, 0) is 4.79 Å². The molecule has 1 fully saturated rings. The van der Waals surface area contributed by atoms with Crippen molar-refractivity contribution in [1.29, 1.82) is 0 Å². The number of aromatic amines is 1. The number of imidazole rings is 1. The van der Waals surface area contributed by atoms with Crippen LogP contribution < -0.4 is 5.32 Å². The lowest BCUT2D eigenvalue weighted by molar-refractivity contribution is -0.141. The highest BCUT2D eigenvalue weighted by Gasteiger charge is 2.30. The van der Waals surface area contributed by atoms with E-state index in [1.165, 1.54) is 0 Å². The summed E-state index contributed by atoms with van der Waals surface area (Å²) in [6, 6.07) is 6.17. The van der Waals surface area contributed by atoms with Crippen LogP contribution in [0.2, 0.25) is 0 Å². The summed E-state index contributed by atoms with van der Waals surface area (Å²) in [6.07, 6.45) is 0.647. The first kappa shape index (κ1) is 11.2. The molecule has 1 saturated heterocycles. The SMILES string of the molecule is Cc1nc2ccc(C3CC(C(=O)O)CN3)cc2[nH]1. The van der Waals surface area contributed by atoms with Crippen molar-refractivity contribution in [3.05, 3.63) is 29.6 Å². The first-order valence-electron chi connectivity index (χ1n) is 6.06. The van der Waals surface area contributed by atoms with Gasteiger partial charge in [0.05, 0.1) is 17.0 Å². The summed E-state index contributed by atoms with van der Waals surface area (Å²) in [7, 11) is 0. The Morgan fingerprint density at radius 3 is 3.06 bits per heavy atom. The van der Waals surface area contributed by atoms with Gasteiger partial charge < -0.3 is 15.4 Å². The third kappa shape index (κ3) is 1.86. The molecule has 5 nitrogen and oxygen atoms in total. The van der Waals surface area contributed by atoms with Crippen LogP contribution in [0.4, 0.5) is 0 Å². The van der Waals surface area contributed by atoms with Gasteiger partial charge in [0.25, 0.3) is 0 Å². The zero-order chi connectivity index (χ0) is 12.7. The number of hydrogen-bond acceptors (Lipinski definition) is 3. The van der Waals surface area contributed by atoms with Crippen molar-refractivity contribution in [3.8, 4) is 0 Å². The van der Waals surface area contributed by atoms with Gasteiger partial charge in [0.1, 0.15) is 5.82 Å². The molecule has 0 saturated carbocycles. The fourth-order valence-electron chi connectivity index (χ4n) is 2.55. The maximum absolute atomic E-state index is 10.9. The lowest BCUT2D eigenvalue weighted by atomic mass is 10.00. The average Bonchev–Trinajstić information content (AvgIpc) is 2.91. The van der Waals surface area contributed by atoms with E-state index in [1.807, 2.05) is 19.1 Å². The smallest absolute Gasteiger partial charge is 0.307 e. The first-order valence-corrected chi connectivity index (χ1v) is 6.06. The molecule has 3 rings (SSSR count). The average molecular weight is 245 g/mol. The fourth-order valence-corrected chi connectivity index (χ4v) is 2.55. The maximum atomic E-state index is 10.9. The molecule has 0 spiro atoms. The van der Waals surface area contributed by atoms with E-state index < -0.39 is 5.97 Å². The van der Waals surface area contributed by atoms with Gasteiger partial charge in [-0.25, -0.2) is 4.98 Å². The standard InChI is InChI=1S/C13H15N3O2/c1-7-15-10-3-2-8(4-12(10)16-7)11-5-9(6-14-11)13(17)18/h2-4,9,11,14H,5-6H2,1H3,(H,15,16)(H,17,18). The molecule has 18 heavy (non-hydrogen) atoms. The third-order valence-electron chi connectivity index (χ3n) is 3.51. The molecule has 2 atom stereocenters. The molecule has 1 aliphatic heterocycles. The van der Waals surface area contributed by atoms with Crippen LogP contribution in [0.1, 0.15) is 23.9 Å². The van der Waals surface area contributed by atoms with Gasteiger partial charge in [-0.05, 0) is 31.0 Å². The Morgan fingerprint density at radius 2 is 2.33 bits per heavy atom. The predicted octanol–water partition coefficient (Wildman–Crippen LogP) is 1.61. The molecule has 2 aromatic rings. The predicted molar refractivity (Wildman–Crippen MR) is 67.3 cm³/mol. The summed E-state index contributed by atoms with van der Waals surface area (Å²) in [5, 5.41) is 12.3. The molecule has 3 N–H and O–H groups in total. The molecule has 2 heterocycles. The minimum atomic E-state index is -0.719. The van der Waals surface area contributed by atoms with Gasteiger partial charge >= 0.3 is 5.97 Å². The Kier molecular flexibility index (Phi) is 2.56. The summed E-state index contributed by atoms with van der Waals surface area (Å²) in [4.78, 5) is 18.5. The molecule has 2 unspecified atom stereocenters.